The fourth-order valence-electron chi connectivity index (χ4n) is 3.03. The third-order valence-electron chi connectivity index (χ3n) is 5.43. The summed E-state index contributed by atoms with van der Waals surface area (Å²) in [4.78, 5) is 17.7. The highest BCUT2D eigenvalue weighted by Crippen LogP contribution is 2.33. The van der Waals surface area contributed by atoms with Gasteiger partial charge in [0.2, 0.25) is 0 Å². The number of nitrogens with zero attached hydrogens (tertiary/aromatic N) is 2. The largest absolute Gasteiger partial charge is 0.496 e. The van der Waals surface area contributed by atoms with Crippen molar-refractivity contribution in [3.05, 3.63) is 83.7 Å². The lowest BCUT2D eigenvalue weighted by molar-refractivity contribution is 0.0697. The van der Waals surface area contributed by atoms with Gasteiger partial charge in [-0.3, -0.25) is 0 Å². The molecule has 1 aromatic heterocycles. The van der Waals surface area contributed by atoms with Crippen molar-refractivity contribution >= 4 is 11.8 Å². The summed E-state index contributed by atoms with van der Waals surface area (Å²) in [6.07, 6.45) is 12.3. The van der Waals surface area contributed by atoms with Crippen molar-refractivity contribution in [3.8, 4) is 0 Å². The van der Waals surface area contributed by atoms with Crippen molar-refractivity contribution in [1.29, 1.82) is 0 Å². The van der Waals surface area contributed by atoms with Crippen LogP contribution in [0.2, 0.25) is 0 Å². The maximum atomic E-state index is 13.8. The molecule has 1 aromatic rings. The zero-order valence-corrected chi connectivity index (χ0v) is 22.5. The van der Waals surface area contributed by atoms with Crippen LogP contribution in [0.15, 0.2) is 78.1 Å². The van der Waals surface area contributed by atoms with Gasteiger partial charge in [0.1, 0.15) is 23.9 Å². The number of carboxylic acid groups (broad SMARTS) is 1. The number of aromatic nitrogens is 1. The SMILES string of the molecule is C=C/C=C\C(=C(/CF)OC)N(C)/C(=C\C(=C\CC)C(C)(C)CC)Nc1ncccc1C(=O)O.CC. The highest BCUT2D eigenvalue weighted by atomic mass is 19.1. The minimum atomic E-state index is -1.10. The number of allylic oxidation sites excluding steroid dienone is 7. The van der Waals surface area contributed by atoms with Crippen molar-refractivity contribution in [2.75, 3.05) is 26.1 Å². The molecule has 0 spiro atoms. The lowest BCUT2D eigenvalue weighted by atomic mass is 9.81. The molecule has 1 rings (SSSR count). The first-order valence-electron chi connectivity index (χ1n) is 11.9. The van der Waals surface area contributed by atoms with E-state index in [0.29, 0.717) is 11.5 Å². The molecule has 35 heavy (non-hydrogen) atoms. The molecule has 0 unspecified atom stereocenters. The standard InChI is InChI=1S/C26H36FN3O3.C2H6/c1-8-11-15-21(22(18-27)33-7)30(6)23(17-19(13-9-2)26(4,5)10-3)29-24-20(25(31)32)14-12-16-28-24;1-2/h8,11-17H,1,9-10,18H2,2-7H3,(H,28,29)(H,31,32);1-2H3/b15-11-,19-13-,22-21-,23-17-;. The summed E-state index contributed by atoms with van der Waals surface area (Å²) in [5.74, 6) is -0.281. The van der Waals surface area contributed by atoms with Gasteiger partial charge in [-0.1, -0.05) is 66.3 Å². The number of nitrogens with one attached hydrogen (secondary N) is 1. The van der Waals surface area contributed by atoms with Gasteiger partial charge >= 0.3 is 5.97 Å². The Balaban J connectivity index is 0.00000562. The summed E-state index contributed by atoms with van der Waals surface area (Å²) in [6, 6.07) is 3.04. The number of hydrogen-bond donors (Lipinski definition) is 2. The molecule has 0 aromatic carbocycles. The second kappa shape index (κ2) is 16.3. The number of anilines is 1. The third kappa shape index (κ3) is 9.43. The summed E-state index contributed by atoms with van der Waals surface area (Å²) >= 11 is 0. The van der Waals surface area contributed by atoms with E-state index in [1.165, 1.54) is 19.4 Å². The van der Waals surface area contributed by atoms with E-state index in [9.17, 15) is 14.3 Å². The van der Waals surface area contributed by atoms with Gasteiger partial charge in [0.05, 0.1) is 12.8 Å². The quantitative estimate of drug-likeness (QED) is 0.224. The second-order valence-corrected chi connectivity index (χ2v) is 7.96. The van der Waals surface area contributed by atoms with Gasteiger partial charge in [-0.25, -0.2) is 14.2 Å². The normalized spacial score (nSPS) is 12.9. The van der Waals surface area contributed by atoms with Gasteiger partial charge in [-0.2, -0.15) is 0 Å². The Morgan fingerprint density at radius 3 is 2.49 bits per heavy atom. The zero-order valence-electron chi connectivity index (χ0n) is 22.5. The van der Waals surface area contributed by atoms with E-state index in [4.69, 9.17) is 4.74 Å². The number of rotatable bonds is 13. The van der Waals surface area contributed by atoms with Gasteiger partial charge in [-0.05, 0) is 48.1 Å². The van der Waals surface area contributed by atoms with E-state index < -0.39 is 12.6 Å². The van der Waals surface area contributed by atoms with E-state index in [2.05, 4.69) is 50.7 Å². The molecule has 6 nitrogen and oxygen atoms in total. The maximum absolute atomic E-state index is 13.8. The first-order valence-corrected chi connectivity index (χ1v) is 11.9. The number of likely N-dealkylation sites (N-methyl/N-ethyl adjacent to an activating group) is 1. The predicted octanol–water partition coefficient (Wildman–Crippen LogP) is 7.33. The molecule has 0 atom stereocenters. The Kier molecular flexibility index (Phi) is 14.7. The zero-order chi connectivity index (χ0) is 27.0. The first-order chi connectivity index (χ1) is 16.7. The van der Waals surface area contributed by atoms with Crippen molar-refractivity contribution in [2.45, 2.75) is 54.4 Å². The van der Waals surface area contributed by atoms with Crippen LogP contribution in [0.5, 0.6) is 0 Å². The molecule has 0 saturated carbocycles. The van der Waals surface area contributed by atoms with Crippen molar-refractivity contribution in [2.24, 2.45) is 5.41 Å². The Morgan fingerprint density at radius 2 is 2.00 bits per heavy atom. The van der Waals surface area contributed by atoms with Gasteiger partial charge in [-0.15, -0.1) is 0 Å². The number of carbonyl (C=O) groups is 1. The van der Waals surface area contributed by atoms with Crippen molar-refractivity contribution in [1.82, 2.24) is 9.88 Å². The highest BCUT2D eigenvalue weighted by molar-refractivity contribution is 5.93. The maximum Gasteiger partial charge on any atom is 0.339 e. The number of hydrogen-bond acceptors (Lipinski definition) is 5. The molecule has 0 aliphatic carbocycles. The number of aromatic carboxylic acids is 1. The lowest BCUT2D eigenvalue weighted by Crippen LogP contribution is -2.26. The van der Waals surface area contributed by atoms with E-state index >= 15 is 0 Å². The second-order valence-electron chi connectivity index (χ2n) is 7.96. The van der Waals surface area contributed by atoms with E-state index in [1.54, 1.807) is 36.2 Å². The van der Waals surface area contributed by atoms with Crippen LogP contribution in [0.3, 0.4) is 0 Å². The molecule has 0 amide bonds. The third-order valence-corrected chi connectivity index (χ3v) is 5.43. The topological polar surface area (TPSA) is 74.7 Å². The van der Waals surface area contributed by atoms with Crippen LogP contribution < -0.4 is 5.32 Å². The fraction of sp³-hybridized carbons (Fsp3) is 0.429. The minimum Gasteiger partial charge on any atom is -0.496 e. The van der Waals surface area contributed by atoms with Gasteiger partial charge < -0.3 is 20.1 Å². The molecule has 194 valence electrons. The number of pyridine rings is 1. The number of methoxy groups -OCH3 is 1. The summed E-state index contributed by atoms with van der Waals surface area (Å²) in [7, 11) is 3.16. The summed E-state index contributed by atoms with van der Waals surface area (Å²) in [5.41, 5.74) is 1.39. The van der Waals surface area contributed by atoms with Crippen LogP contribution in [-0.4, -0.2) is 41.8 Å². The molecule has 0 bridgehead atoms. The Morgan fingerprint density at radius 1 is 1.34 bits per heavy atom. The van der Waals surface area contributed by atoms with Gasteiger partial charge in [0.25, 0.3) is 0 Å². The monoisotopic (exact) mass is 487 g/mol. The molecule has 0 fully saturated rings. The van der Waals surface area contributed by atoms with Crippen molar-refractivity contribution < 1.29 is 19.0 Å². The van der Waals surface area contributed by atoms with E-state index in [0.717, 1.165) is 18.4 Å². The Bertz CT molecular complexity index is 941. The van der Waals surface area contributed by atoms with Crippen LogP contribution in [0.4, 0.5) is 10.2 Å². The van der Waals surface area contributed by atoms with Crippen LogP contribution >= 0.6 is 0 Å². The van der Waals surface area contributed by atoms with Crippen molar-refractivity contribution in [3.63, 3.8) is 0 Å². The molecular formula is C28H42FN3O3. The molecule has 0 saturated heterocycles. The highest BCUT2D eigenvalue weighted by Gasteiger charge is 2.23. The van der Waals surface area contributed by atoms with E-state index in [1.807, 2.05) is 19.9 Å². The lowest BCUT2D eigenvalue weighted by Gasteiger charge is -2.30. The number of carboxylic acids is 1. The molecule has 2 N–H and O–H groups in total. The van der Waals surface area contributed by atoms with Crippen LogP contribution in [0, 0.1) is 5.41 Å². The van der Waals surface area contributed by atoms with Gasteiger partial charge in [0, 0.05) is 13.2 Å². The summed E-state index contributed by atoms with van der Waals surface area (Å²) in [5, 5.41) is 12.8. The predicted molar refractivity (Wildman–Crippen MR) is 144 cm³/mol. The molecule has 0 aliphatic heterocycles. The fourth-order valence-corrected chi connectivity index (χ4v) is 3.03. The smallest absolute Gasteiger partial charge is 0.339 e. The molecule has 7 heteroatoms. The van der Waals surface area contributed by atoms with Gasteiger partial charge in [0.15, 0.2) is 5.76 Å². The Hall–Kier alpha value is -3.35. The molecule has 0 aliphatic rings. The number of alkyl halides is 1. The number of halogens is 1. The average molecular weight is 488 g/mol. The summed E-state index contributed by atoms with van der Waals surface area (Å²) in [6.45, 7) is 15.3. The molecular weight excluding hydrogens is 445 g/mol. The van der Waals surface area contributed by atoms with Crippen LogP contribution in [0.25, 0.3) is 0 Å². The van der Waals surface area contributed by atoms with Crippen LogP contribution in [0.1, 0.15) is 64.7 Å². The number of ether oxygens (including phenoxy) is 1. The molecule has 0 radical (unpaired) electrons. The average Bonchev–Trinajstić information content (AvgIpc) is 2.86. The summed E-state index contributed by atoms with van der Waals surface area (Å²) < 4.78 is 19.1. The van der Waals surface area contributed by atoms with Crippen LogP contribution in [-0.2, 0) is 4.74 Å². The first kappa shape index (κ1) is 31.6. The molecule has 1 heterocycles. The van der Waals surface area contributed by atoms with E-state index in [-0.39, 0.29) is 22.6 Å². The Labute approximate surface area is 210 Å². The minimum absolute atomic E-state index is 0.0252.